The molecule has 0 aliphatic heterocycles. The molecule has 0 aliphatic rings. The van der Waals surface area contributed by atoms with Crippen LogP contribution in [-0.4, -0.2) is 19.5 Å². The standard InChI is InChI=1S/C12H19NO3S/c1-3-4-5-8-13-11-9-10(2)6-7-12(11)17(14,15)16/h6-7,9,13H,3-5,8H2,1-2H3,(H,14,15,16). The third-order valence-corrected chi connectivity index (χ3v) is 3.42. The molecule has 0 unspecified atom stereocenters. The predicted molar refractivity (Wildman–Crippen MR) is 69.0 cm³/mol. The fourth-order valence-corrected chi connectivity index (χ4v) is 2.25. The highest BCUT2D eigenvalue weighted by Crippen LogP contribution is 2.22. The molecule has 1 rings (SSSR count). The van der Waals surface area contributed by atoms with E-state index in [1.165, 1.54) is 6.07 Å². The van der Waals surface area contributed by atoms with E-state index in [1.807, 2.05) is 6.92 Å². The summed E-state index contributed by atoms with van der Waals surface area (Å²) in [5.41, 5.74) is 1.43. The van der Waals surface area contributed by atoms with Crippen LogP contribution in [0.25, 0.3) is 0 Å². The first kappa shape index (κ1) is 14.0. The minimum Gasteiger partial charge on any atom is -0.384 e. The quantitative estimate of drug-likeness (QED) is 0.607. The van der Waals surface area contributed by atoms with Gasteiger partial charge in [0.1, 0.15) is 4.90 Å². The maximum atomic E-state index is 11.2. The number of aryl methyl sites for hydroxylation is 1. The fourth-order valence-electron chi connectivity index (χ4n) is 1.60. The highest BCUT2D eigenvalue weighted by atomic mass is 32.2. The molecule has 17 heavy (non-hydrogen) atoms. The van der Waals surface area contributed by atoms with Gasteiger partial charge in [0.2, 0.25) is 0 Å². The van der Waals surface area contributed by atoms with Gasteiger partial charge in [-0.2, -0.15) is 8.42 Å². The Balaban J connectivity index is 2.85. The summed E-state index contributed by atoms with van der Waals surface area (Å²) in [7, 11) is -4.16. The summed E-state index contributed by atoms with van der Waals surface area (Å²) in [5.74, 6) is 0. The lowest BCUT2D eigenvalue weighted by molar-refractivity contribution is 0.483. The fraction of sp³-hybridized carbons (Fsp3) is 0.500. The molecule has 1 aromatic carbocycles. The molecule has 0 bridgehead atoms. The summed E-state index contributed by atoms with van der Waals surface area (Å²) in [4.78, 5) is -0.0559. The van der Waals surface area contributed by atoms with Crippen molar-refractivity contribution in [2.45, 2.75) is 38.0 Å². The van der Waals surface area contributed by atoms with E-state index >= 15 is 0 Å². The molecule has 0 heterocycles. The third kappa shape index (κ3) is 4.36. The molecular formula is C12H19NO3S. The SMILES string of the molecule is CCCCCNc1cc(C)ccc1S(=O)(=O)O. The van der Waals surface area contributed by atoms with Gasteiger partial charge in [0.05, 0.1) is 5.69 Å². The van der Waals surface area contributed by atoms with Crippen LogP contribution >= 0.6 is 0 Å². The van der Waals surface area contributed by atoms with Gasteiger partial charge in [-0.25, -0.2) is 0 Å². The van der Waals surface area contributed by atoms with E-state index < -0.39 is 10.1 Å². The lowest BCUT2D eigenvalue weighted by Crippen LogP contribution is -2.08. The Labute approximate surface area is 103 Å². The topological polar surface area (TPSA) is 66.4 Å². The molecule has 0 spiro atoms. The highest BCUT2D eigenvalue weighted by Gasteiger charge is 2.14. The molecule has 96 valence electrons. The van der Waals surface area contributed by atoms with Gasteiger partial charge in [0.25, 0.3) is 10.1 Å². The lowest BCUT2D eigenvalue weighted by atomic mass is 10.2. The summed E-state index contributed by atoms with van der Waals surface area (Å²) >= 11 is 0. The van der Waals surface area contributed by atoms with E-state index in [0.717, 1.165) is 24.8 Å². The number of hydrogen-bond donors (Lipinski definition) is 2. The number of unbranched alkanes of at least 4 members (excludes halogenated alkanes) is 2. The normalized spacial score (nSPS) is 11.5. The Kier molecular flexibility index (Phi) is 4.96. The average molecular weight is 257 g/mol. The maximum Gasteiger partial charge on any atom is 0.296 e. The van der Waals surface area contributed by atoms with Crippen molar-refractivity contribution >= 4 is 15.8 Å². The van der Waals surface area contributed by atoms with Gasteiger partial charge in [-0.15, -0.1) is 0 Å². The number of anilines is 1. The predicted octanol–water partition coefficient (Wildman–Crippen LogP) is 2.84. The molecule has 1 aromatic rings. The van der Waals surface area contributed by atoms with Crippen molar-refractivity contribution in [1.82, 2.24) is 0 Å². The molecule has 5 heteroatoms. The second-order valence-electron chi connectivity index (χ2n) is 4.11. The second kappa shape index (κ2) is 6.02. The van der Waals surface area contributed by atoms with Gasteiger partial charge < -0.3 is 5.32 Å². The van der Waals surface area contributed by atoms with Gasteiger partial charge in [-0.1, -0.05) is 25.8 Å². The number of rotatable bonds is 6. The number of benzene rings is 1. The van der Waals surface area contributed by atoms with Crippen LogP contribution in [0.3, 0.4) is 0 Å². The molecule has 0 aliphatic carbocycles. The third-order valence-electron chi connectivity index (χ3n) is 2.51. The van der Waals surface area contributed by atoms with Crippen molar-refractivity contribution in [1.29, 1.82) is 0 Å². The van der Waals surface area contributed by atoms with E-state index in [4.69, 9.17) is 4.55 Å². The van der Waals surface area contributed by atoms with Crippen molar-refractivity contribution < 1.29 is 13.0 Å². The van der Waals surface area contributed by atoms with Crippen molar-refractivity contribution in [3.8, 4) is 0 Å². The van der Waals surface area contributed by atoms with Crippen molar-refractivity contribution in [2.75, 3.05) is 11.9 Å². The Bertz CT molecular complexity index is 469. The van der Waals surface area contributed by atoms with Gasteiger partial charge >= 0.3 is 0 Å². The van der Waals surface area contributed by atoms with E-state index in [9.17, 15) is 8.42 Å². The van der Waals surface area contributed by atoms with Crippen LogP contribution in [0.1, 0.15) is 31.7 Å². The monoisotopic (exact) mass is 257 g/mol. The zero-order chi connectivity index (χ0) is 12.9. The van der Waals surface area contributed by atoms with Crippen LogP contribution in [-0.2, 0) is 10.1 Å². The van der Waals surface area contributed by atoms with Crippen LogP contribution in [0.5, 0.6) is 0 Å². The van der Waals surface area contributed by atoms with Crippen LogP contribution in [0.2, 0.25) is 0 Å². The van der Waals surface area contributed by atoms with Gasteiger partial charge in [0, 0.05) is 6.54 Å². The molecule has 0 amide bonds. The minimum atomic E-state index is -4.16. The van der Waals surface area contributed by atoms with Crippen molar-refractivity contribution in [2.24, 2.45) is 0 Å². The molecule has 0 aromatic heterocycles. The smallest absolute Gasteiger partial charge is 0.296 e. The van der Waals surface area contributed by atoms with Gasteiger partial charge in [-0.05, 0) is 31.0 Å². The molecular weight excluding hydrogens is 238 g/mol. The lowest BCUT2D eigenvalue weighted by Gasteiger charge is -2.10. The summed E-state index contributed by atoms with van der Waals surface area (Å²) < 4.78 is 31.4. The summed E-state index contributed by atoms with van der Waals surface area (Å²) in [6.07, 6.45) is 3.19. The Morgan fingerprint density at radius 3 is 2.59 bits per heavy atom. The van der Waals surface area contributed by atoms with Crippen LogP contribution in [0.4, 0.5) is 5.69 Å². The average Bonchev–Trinajstić information content (AvgIpc) is 2.23. The second-order valence-corrected chi connectivity index (χ2v) is 5.50. The minimum absolute atomic E-state index is 0.0559. The van der Waals surface area contributed by atoms with E-state index in [0.29, 0.717) is 12.2 Å². The number of hydrogen-bond acceptors (Lipinski definition) is 3. The summed E-state index contributed by atoms with van der Waals surface area (Å²) in [6, 6.07) is 4.82. The molecule has 0 radical (unpaired) electrons. The van der Waals surface area contributed by atoms with E-state index in [-0.39, 0.29) is 4.90 Å². The molecule has 4 nitrogen and oxygen atoms in total. The van der Waals surface area contributed by atoms with Crippen molar-refractivity contribution in [3.63, 3.8) is 0 Å². The molecule has 0 saturated carbocycles. The largest absolute Gasteiger partial charge is 0.384 e. The number of nitrogens with one attached hydrogen (secondary N) is 1. The van der Waals surface area contributed by atoms with Crippen LogP contribution < -0.4 is 5.32 Å². The van der Waals surface area contributed by atoms with Crippen molar-refractivity contribution in [3.05, 3.63) is 23.8 Å². The Morgan fingerprint density at radius 1 is 1.29 bits per heavy atom. The van der Waals surface area contributed by atoms with E-state index in [2.05, 4.69) is 12.2 Å². The van der Waals surface area contributed by atoms with Gasteiger partial charge in [0.15, 0.2) is 0 Å². The Hall–Kier alpha value is -1.07. The van der Waals surface area contributed by atoms with Crippen LogP contribution in [0, 0.1) is 6.92 Å². The molecule has 0 saturated heterocycles. The Morgan fingerprint density at radius 2 is 2.00 bits per heavy atom. The first-order chi connectivity index (χ1) is 7.95. The summed E-state index contributed by atoms with van der Waals surface area (Å²) in [5, 5.41) is 3.06. The first-order valence-electron chi connectivity index (χ1n) is 5.77. The van der Waals surface area contributed by atoms with Crippen LogP contribution in [0.15, 0.2) is 23.1 Å². The molecule has 0 fully saturated rings. The zero-order valence-corrected chi connectivity index (χ0v) is 11.0. The van der Waals surface area contributed by atoms with Gasteiger partial charge in [-0.3, -0.25) is 4.55 Å². The van der Waals surface area contributed by atoms with E-state index in [1.54, 1.807) is 12.1 Å². The first-order valence-corrected chi connectivity index (χ1v) is 7.21. The maximum absolute atomic E-state index is 11.2. The summed E-state index contributed by atoms with van der Waals surface area (Å²) in [6.45, 7) is 4.70. The molecule has 2 N–H and O–H groups in total. The highest BCUT2D eigenvalue weighted by molar-refractivity contribution is 7.86. The zero-order valence-electron chi connectivity index (χ0n) is 10.2. The molecule has 0 atom stereocenters.